The first kappa shape index (κ1) is 18.5. The second-order valence-corrected chi connectivity index (χ2v) is 7.89. The van der Waals surface area contributed by atoms with Gasteiger partial charge in [0.15, 0.2) is 11.0 Å². The SMILES string of the molecule is COC(=O)c1ccc(CSc2nnc(-c3cccs3)n2-c2cccc(C)c2)o1. The molecule has 0 aliphatic carbocycles. The standard InChI is InChI=1S/C20H17N3O3S2/c1-13-5-3-6-14(11-13)23-18(17-7-4-10-27-17)21-22-20(23)28-12-15-8-9-16(26-15)19(24)25-2/h3-11H,12H2,1-2H3. The van der Waals surface area contributed by atoms with Crippen LogP contribution in [0.15, 0.2) is 63.5 Å². The van der Waals surface area contributed by atoms with Gasteiger partial charge in [0.25, 0.3) is 0 Å². The molecule has 0 saturated heterocycles. The molecule has 0 N–H and O–H groups in total. The van der Waals surface area contributed by atoms with E-state index in [1.807, 2.05) is 34.2 Å². The number of aryl methyl sites for hydroxylation is 1. The van der Waals surface area contributed by atoms with E-state index in [0.717, 1.165) is 27.1 Å². The molecule has 0 fully saturated rings. The van der Waals surface area contributed by atoms with Gasteiger partial charge in [-0.05, 0) is 48.2 Å². The predicted octanol–water partition coefficient (Wildman–Crippen LogP) is 4.98. The number of aromatic nitrogens is 3. The van der Waals surface area contributed by atoms with Crippen LogP contribution in [0.4, 0.5) is 0 Å². The molecule has 8 heteroatoms. The number of esters is 1. The lowest BCUT2D eigenvalue weighted by atomic mass is 10.2. The van der Waals surface area contributed by atoms with Gasteiger partial charge in [-0.1, -0.05) is 30.0 Å². The van der Waals surface area contributed by atoms with Crippen LogP contribution in [0, 0.1) is 6.92 Å². The molecule has 0 unspecified atom stereocenters. The summed E-state index contributed by atoms with van der Waals surface area (Å²) in [7, 11) is 1.33. The Morgan fingerprint density at radius 3 is 2.86 bits per heavy atom. The molecule has 0 aliphatic heterocycles. The second-order valence-electron chi connectivity index (χ2n) is 6.00. The summed E-state index contributed by atoms with van der Waals surface area (Å²) in [4.78, 5) is 12.6. The van der Waals surface area contributed by atoms with Crippen LogP contribution in [0.25, 0.3) is 16.4 Å². The lowest BCUT2D eigenvalue weighted by molar-refractivity contribution is 0.0563. The van der Waals surface area contributed by atoms with Crippen molar-refractivity contribution < 1.29 is 13.9 Å². The summed E-state index contributed by atoms with van der Waals surface area (Å²) < 4.78 is 12.3. The number of thioether (sulfide) groups is 1. The molecule has 0 amide bonds. The molecular weight excluding hydrogens is 394 g/mol. The molecule has 0 radical (unpaired) electrons. The smallest absolute Gasteiger partial charge is 0.373 e. The fraction of sp³-hybridized carbons (Fsp3) is 0.150. The average Bonchev–Trinajstić information content (AvgIpc) is 3.45. The Hall–Kier alpha value is -2.84. The Bertz CT molecular complexity index is 1100. The first-order valence-corrected chi connectivity index (χ1v) is 10.4. The first-order valence-electron chi connectivity index (χ1n) is 8.52. The summed E-state index contributed by atoms with van der Waals surface area (Å²) >= 11 is 3.12. The third kappa shape index (κ3) is 3.74. The Kier molecular flexibility index (Phi) is 5.31. The van der Waals surface area contributed by atoms with Gasteiger partial charge in [0.1, 0.15) is 5.76 Å². The highest BCUT2D eigenvalue weighted by atomic mass is 32.2. The normalized spacial score (nSPS) is 10.9. The monoisotopic (exact) mass is 411 g/mol. The topological polar surface area (TPSA) is 70.2 Å². The highest BCUT2D eigenvalue weighted by Crippen LogP contribution is 2.32. The Labute approximate surface area is 170 Å². The van der Waals surface area contributed by atoms with E-state index in [4.69, 9.17) is 4.42 Å². The van der Waals surface area contributed by atoms with E-state index in [1.165, 1.54) is 18.9 Å². The largest absolute Gasteiger partial charge is 0.463 e. The van der Waals surface area contributed by atoms with E-state index < -0.39 is 5.97 Å². The minimum Gasteiger partial charge on any atom is -0.463 e. The maximum Gasteiger partial charge on any atom is 0.373 e. The van der Waals surface area contributed by atoms with Crippen LogP contribution in [0.2, 0.25) is 0 Å². The fourth-order valence-corrected chi connectivity index (χ4v) is 4.27. The summed E-state index contributed by atoms with van der Waals surface area (Å²) in [6, 6.07) is 15.6. The zero-order valence-corrected chi connectivity index (χ0v) is 16.9. The summed E-state index contributed by atoms with van der Waals surface area (Å²) in [6.07, 6.45) is 0. The van der Waals surface area contributed by atoms with Crippen molar-refractivity contribution in [1.82, 2.24) is 14.8 Å². The van der Waals surface area contributed by atoms with Crippen molar-refractivity contribution in [1.29, 1.82) is 0 Å². The highest BCUT2D eigenvalue weighted by Gasteiger charge is 2.18. The Balaban J connectivity index is 1.65. The summed E-state index contributed by atoms with van der Waals surface area (Å²) in [5, 5.41) is 11.6. The van der Waals surface area contributed by atoms with Crippen LogP contribution in [-0.4, -0.2) is 27.8 Å². The van der Waals surface area contributed by atoms with Crippen molar-refractivity contribution in [3.05, 3.63) is 71.0 Å². The van der Waals surface area contributed by atoms with Crippen molar-refractivity contribution in [2.24, 2.45) is 0 Å². The van der Waals surface area contributed by atoms with Gasteiger partial charge in [0, 0.05) is 0 Å². The number of benzene rings is 1. The molecule has 0 saturated carbocycles. The maximum absolute atomic E-state index is 11.6. The number of hydrogen-bond acceptors (Lipinski definition) is 7. The fourth-order valence-electron chi connectivity index (χ4n) is 2.73. The van der Waals surface area contributed by atoms with Crippen molar-refractivity contribution in [2.45, 2.75) is 17.8 Å². The molecule has 6 nitrogen and oxygen atoms in total. The van der Waals surface area contributed by atoms with Gasteiger partial charge >= 0.3 is 5.97 Å². The van der Waals surface area contributed by atoms with E-state index in [9.17, 15) is 4.79 Å². The molecule has 4 rings (SSSR count). The van der Waals surface area contributed by atoms with Gasteiger partial charge in [-0.2, -0.15) is 0 Å². The molecule has 3 aromatic heterocycles. The number of carbonyl (C=O) groups excluding carboxylic acids is 1. The van der Waals surface area contributed by atoms with Gasteiger partial charge in [-0.25, -0.2) is 4.79 Å². The number of hydrogen-bond donors (Lipinski definition) is 0. The predicted molar refractivity (Wildman–Crippen MR) is 109 cm³/mol. The van der Waals surface area contributed by atoms with Crippen LogP contribution in [0.3, 0.4) is 0 Å². The molecular formula is C20H17N3O3S2. The molecule has 0 bridgehead atoms. The number of nitrogens with zero attached hydrogens (tertiary/aromatic N) is 3. The Morgan fingerprint density at radius 2 is 2.11 bits per heavy atom. The molecule has 3 heterocycles. The number of rotatable bonds is 6. The Morgan fingerprint density at radius 1 is 1.21 bits per heavy atom. The highest BCUT2D eigenvalue weighted by molar-refractivity contribution is 7.98. The number of furan rings is 1. The summed E-state index contributed by atoms with van der Waals surface area (Å²) in [5.41, 5.74) is 2.17. The molecule has 0 atom stereocenters. The number of carbonyl (C=O) groups is 1. The van der Waals surface area contributed by atoms with E-state index >= 15 is 0 Å². The third-order valence-corrected chi connectivity index (χ3v) is 5.84. The van der Waals surface area contributed by atoms with E-state index in [2.05, 4.69) is 34.0 Å². The lowest BCUT2D eigenvalue weighted by Gasteiger charge is -2.10. The second kappa shape index (κ2) is 8.04. The van der Waals surface area contributed by atoms with Crippen LogP contribution >= 0.6 is 23.1 Å². The van der Waals surface area contributed by atoms with Gasteiger partial charge in [0.05, 0.1) is 23.4 Å². The van der Waals surface area contributed by atoms with Crippen LogP contribution < -0.4 is 0 Å². The van der Waals surface area contributed by atoms with Crippen LogP contribution in [0.1, 0.15) is 21.9 Å². The van der Waals surface area contributed by atoms with Crippen molar-refractivity contribution in [3.8, 4) is 16.4 Å². The molecule has 28 heavy (non-hydrogen) atoms. The van der Waals surface area contributed by atoms with Crippen molar-refractivity contribution in [3.63, 3.8) is 0 Å². The maximum atomic E-state index is 11.6. The molecule has 4 aromatic rings. The van der Waals surface area contributed by atoms with Gasteiger partial charge in [-0.15, -0.1) is 21.5 Å². The molecule has 1 aromatic carbocycles. The van der Waals surface area contributed by atoms with Gasteiger partial charge < -0.3 is 9.15 Å². The number of methoxy groups -OCH3 is 1. The van der Waals surface area contributed by atoms with E-state index in [1.54, 1.807) is 23.5 Å². The third-order valence-electron chi connectivity index (χ3n) is 4.03. The van der Waals surface area contributed by atoms with Crippen molar-refractivity contribution >= 4 is 29.1 Å². The molecule has 0 spiro atoms. The minimum absolute atomic E-state index is 0.192. The van der Waals surface area contributed by atoms with Crippen molar-refractivity contribution in [2.75, 3.05) is 7.11 Å². The lowest BCUT2D eigenvalue weighted by Crippen LogP contribution is -1.99. The zero-order chi connectivity index (χ0) is 19.5. The minimum atomic E-state index is -0.487. The van der Waals surface area contributed by atoms with Gasteiger partial charge in [-0.3, -0.25) is 4.57 Å². The van der Waals surface area contributed by atoms with E-state index in [0.29, 0.717) is 11.5 Å². The average molecular weight is 412 g/mol. The number of ether oxygens (including phenoxy) is 1. The van der Waals surface area contributed by atoms with E-state index in [-0.39, 0.29) is 5.76 Å². The summed E-state index contributed by atoms with van der Waals surface area (Å²) in [6.45, 7) is 2.06. The van der Waals surface area contributed by atoms with Gasteiger partial charge in [0.2, 0.25) is 5.76 Å². The van der Waals surface area contributed by atoms with Crippen LogP contribution in [0.5, 0.6) is 0 Å². The zero-order valence-electron chi connectivity index (χ0n) is 15.3. The van der Waals surface area contributed by atoms with Crippen LogP contribution in [-0.2, 0) is 10.5 Å². The quantitative estimate of drug-likeness (QED) is 0.329. The number of thiophene rings is 1. The molecule has 142 valence electrons. The summed E-state index contributed by atoms with van der Waals surface area (Å²) in [5.74, 6) is 1.70. The first-order chi connectivity index (χ1) is 13.7. The molecule has 0 aliphatic rings.